The van der Waals surface area contributed by atoms with Gasteiger partial charge in [0.05, 0.1) is 0 Å². The van der Waals surface area contributed by atoms with E-state index in [0.717, 1.165) is 4.47 Å². The van der Waals surface area contributed by atoms with Crippen molar-refractivity contribution in [1.82, 2.24) is 0 Å². The van der Waals surface area contributed by atoms with E-state index in [1.165, 1.54) is 16.3 Å². The minimum absolute atomic E-state index is 0.114. The Morgan fingerprint density at radius 2 is 1.88 bits per heavy atom. The molecular weight excluding hydrogens is 262 g/mol. The second kappa shape index (κ2) is 4.56. The minimum Gasteiger partial charge on any atom is -0.324 e. The van der Waals surface area contributed by atoms with Crippen molar-refractivity contribution in [3.63, 3.8) is 0 Å². The van der Waals surface area contributed by atoms with Crippen LogP contribution in [-0.4, -0.2) is 0 Å². The molecule has 2 aromatic rings. The zero-order valence-electron chi connectivity index (χ0n) is 9.57. The van der Waals surface area contributed by atoms with Crippen LogP contribution in [0.25, 0.3) is 10.8 Å². The molecular formula is C14H16BrN. The summed E-state index contributed by atoms with van der Waals surface area (Å²) in [6.07, 6.45) is 0. The molecule has 0 amide bonds. The van der Waals surface area contributed by atoms with Crippen molar-refractivity contribution in [3.8, 4) is 0 Å². The van der Waals surface area contributed by atoms with Crippen LogP contribution in [0.1, 0.15) is 25.5 Å². The smallest absolute Gasteiger partial charge is 0.0318 e. The Hall–Kier alpha value is -0.860. The average Bonchev–Trinajstić information content (AvgIpc) is 2.28. The quantitative estimate of drug-likeness (QED) is 0.872. The molecule has 0 spiro atoms. The second-order valence-corrected chi connectivity index (χ2v) is 5.34. The van der Waals surface area contributed by atoms with Gasteiger partial charge in [-0.25, -0.2) is 0 Å². The van der Waals surface area contributed by atoms with Gasteiger partial charge in [0.1, 0.15) is 0 Å². The lowest BCUT2D eigenvalue weighted by molar-refractivity contribution is 0.515. The van der Waals surface area contributed by atoms with E-state index in [-0.39, 0.29) is 6.04 Å². The van der Waals surface area contributed by atoms with Gasteiger partial charge in [-0.3, -0.25) is 0 Å². The SMILES string of the molecule is CC(C)C(N)c1ccc2c(Br)cccc2c1. The summed E-state index contributed by atoms with van der Waals surface area (Å²) in [5, 5.41) is 2.48. The molecule has 0 bridgehead atoms. The fraction of sp³-hybridized carbons (Fsp3) is 0.286. The first-order valence-corrected chi connectivity index (χ1v) is 6.32. The third-order valence-corrected chi connectivity index (χ3v) is 3.65. The Morgan fingerprint density at radius 1 is 1.12 bits per heavy atom. The second-order valence-electron chi connectivity index (χ2n) is 4.49. The normalized spacial score (nSPS) is 13.3. The van der Waals surface area contributed by atoms with Crippen LogP contribution < -0.4 is 5.73 Å². The molecule has 0 aliphatic rings. The standard InChI is InChI=1S/C14H16BrN/c1-9(2)14(16)11-6-7-12-10(8-11)4-3-5-13(12)15/h3-9,14H,16H2,1-2H3. The lowest BCUT2D eigenvalue weighted by Gasteiger charge is -2.16. The highest BCUT2D eigenvalue weighted by Gasteiger charge is 2.10. The molecule has 1 unspecified atom stereocenters. The van der Waals surface area contributed by atoms with E-state index < -0.39 is 0 Å². The van der Waals surface area contributed by atoms with Crippen LogP contribution in [0.3, 0.4) is 0 Å². The van der Waals surface area contributed by atoms with E-state index in [2.05, 4.69) is 66.2 Å². The average molecular weight is 278 g/mol. The van der Waals surface area contributed by atoms with Gasteiger partial charge in [-0.05, 0) is 34.4 Å². The molecule has 0 aromatic heterocycles. The molecule has 2 aromatic carbocycles. The summed E-state index contributed by atoms with van der Waals surface area (Å²) in [6, 6.07) is 12.8. The van der Waals surface area contributed by atoms with Crippen molar-refractivity contribution >= 4 is 26.7 Å². The van der Waals surface area contributed by atoms with Gasteiger partial charge < -0.3 is 5.73 Å². The predicted octanol–water partition coefficient (Wildman–Crippen LogP) is 4.26. The fourth-order valence-electron chi connectivity index (χ4n) is 1.85. The van der Waals surface area contributed by atoms with E-state index in [1.54, 1.807) is 0 Å². The van der Waals surface area contributed by atoms with Gasteiger partial charge in [-0.1, -0.05) is 54.0 Å². The summed E-state index contributed by atoms with van der Waals surface area (Å²) in [6.45, 7) is 4.30. The van der Waals surface area contributed by atoms with Gasteiger partial charge in [-0.2, -0.15) is 0 Å². The first-order chi connectivity index (χ1) is 7.59. The Morgan fingerprint density at radius 3 is 2.56 bits per heavy atom. The maximum absolute atomic E-state index is 6.16. The summed E-state index contributed by atoms with van der Waals surface area (Å²) in [5.41, 5.74) is 7.36. The lowest BCUT2D eigenvalue weighted by atomic mass is 9.95. The molecule has 0 fully saturated rings. The largest absolute Gasteiger partial charge is 0.324 e. The lowest BCUT2D eigenvalue weighted by Crippen LogP contribution is -2.16. The molecule has 0 saturated heterocycles. The first kappa shape index (κ1) is 11.6. The van der Waals surface area contributed by atoms with E-state index in [4.69, 9.17) is 5.73 Å². The predicted molar refractivity (Wildman–Crippen MR) is 73.4 cm³/mol. The number of fused-ring (bicyclic) bond motifs is 1. The Labute approximate surface area is 105 Å². The molecule has 0 saturated carbocycles. The molecule has 2 heteroatoms. The number of hydrogen-bond donors (Lipinski definition) is 1. The highest BCUT2D eigenvalue weighted by molar-refractivity contribution is 9.10. The molecule has 2 N–H and O–H groups in total. The number of nitrogens with two attached hydrogens (primary N) is 1. The van der Waals surface area contributed by atoms with Crippen LogP contribution >= 0.6 is 15.9 Å². The Bertz CT molecular complexity index is 505. The molecule has 16 heavy (non-hydrogen) atoms. The molecule has 2 rings (SSSR count). The summed E-state index contributed by atoms with van der Waals surface area (Å²) < 4.78 is 1.13. The summed E-state index contributed by atoms with van der Waals surface area (Å²) in [5.74, 6) is 0.463. The third-order valence-electron chi connectivity index (χ3n) is 2.95. The monoisotopic (exact) mass is 277 g/mol. The topological polar surface area (TPSA) is 26.0 Å². The van der Waals surface area contributed by atoms with Crippen molar-refractivity contribution in [1.29, 1.82) is 0 Å². The molecule has 0 radical (unpaired) electrons. The fourth-order valence-corrected chi connectivity index (χ4v) is 2.37. The van der Waals surface area contributed by atoms with E-state index in [0.29, 0.717) is 5.92 Å². The number of benzene rings is 2. The van der Waals surface area contributed by atoms with Crippen LogP contribution in [0.2, 0.25) is 0 Å². The number of halogens is 1. The van der Waals surface area contributed by atoms with Crippen molar-refractivity contribution in [3.05, 3.63) is 46.4 Å². The van der Waals surface area contributed by atoms with Gasteiger partial charge in [0.15, 0.2) is 0 Å². The first-order valence-electron chi connectivity index (χ1n) is 5.53. The van der Waals surface area contributed by atoms with Crippen molar-refractivity contribution in [2.75, 3.05) is 0 Å². The Kier molecular flexibility index (Phi) is 3.31. The van der Waals surface area contributed by atoms with E-state index >= 15 is 0 Å². The van der Waals surface area contributed by atoms with Gasteiger partial charge in [-0.15, -0.1) is 0 Å². The zero-order chi connectivity index (χ0) is 11.7. The van der Waals surface area contributed by atoms with E-state index in [1.807, 2.05) is 0 Å². The molecule has 84 valence electrons. The summed E-state index contributed by atoms with van der Waals surface area (Å²) in [7, 11) is 0. The zero-order valence-corrected chi connectivity index (χ0v) is 11.2. The maximum atomic E-state index is 6.16. The molecule has 0 aliphatic heterocycles. The van der Waals surface area contributed by atoms with Gasteiger partial charge in [0.25, 0.3) is 0 Å². The van der Waals surface area contributed by atoms with Gasteiger partial charge >= 0.3 is 0 Å². The van der Waals surface area contributed by atoms with Crippen LogP contribution in [0.15, 0.2) is 40.9 Å². The van der Waals surface area contributed by atoms with Crippen molar-refractivity contribution < 1.29 is 0 Å². The molecule has 0 heterocycles. The maximum Gasteiger partial charge on any atom is 0.0318 e. The van der Waals surface area contributed by atoms with Gasteiger partial charge in [0.2, 0.25) is 0 Å². The van der Waals surface area contributed by atoms with Gasteiger partial charge in [0, 0.05) is 10.5 Å². The molecule has 1 nitrogen and oxygen atoms in total. The van der Waals surface area contributed by atoms with Crippen LogP contribution in [0.4, 0.5) is 0 Å². The van der Waals surface area contributed by atoms with Crippen LogP contribution in [0.5, 0.6) is 0 Å². The number of hydrogen-bond acceptors (Lipinski definition) is 1. The van der Waals surface area contributed by atoms with Crippen molar-refractivity contribution in [2.24, 2.45) is 11.7 Å². The van der Waals surface area contributed by atoms with Crippen molar-refractivity contribution in [2.45, 2.75) is 19.9 Å². The summed E-state index contributed by atoms with van der Waals surface area (Å²) >= 11 is 3.56. The Balaban J connectivity index is 2.53. The minimum atomic E-state index is 0.114. The summed E-state index contributed by atoms with van der Waals surface area (Å²) in [4.78, 5) is 0. The third kappa shape index (κ3) is 2.13. The molecule has 1 atom stereocenters. The molecule has 0 aliphatic carbocycles. The van der Waals surface area contributed by atoms with Crippen LogP contribution in [0, 0.1) is 5.92 Å². The van der Waals surface area contributed by atoms with Crippen LogP contribution in [-0.2, 0) is 0 Å². The number of rotatable bonds is 2. The van der Waals surface area contributed by atoms with E-state index in [9.17, 15) is 0 Å². The highest BCUT2D eigenvalue weighted by Crippen LogP contribution is 2.27. The highest BCUT2D eigenvalue weighted by atomic mass is 79.9.